The van der Waals surface area contributed by atoms with Gasteiger partial charge in [0.25, 0.3) is 0 Å². The Morgan fingerprint density at radius 3 is 3.11 bits per heavy atom. The van der Waals surface area contributed by atoms with E-state index in [2.05, 4.69) is 20.0 Å². The first kappa shape index (κ1) is 11.9. The number of aryl methyl sites for hydroxylation is 1. The molecule has 0 saturated carbocycles. The van der Waals surface area contributed by atoms with Crippen LogP contribution in [0.25, 0.3) is 11.0 Å². The highest BCUT2D eigenvalue weighted by atomic mass is 16.1. The molecule has 100 valence electrons. The Bertz CT molecular complexity index is 622. The summed E-state index contributed by atoms with van der Waals surface area (Å²) in [5.41, 5.74) is 6.21. The molecule has 0 unspecified atom stereocenters. The Kier molecular flexibility index (Phi) is 2.81. The molecule has 1 aliphatic heterocycles. The molecule has 3 heterocycles. The maximum absolute atomic E-state index is 11.3. The molecular weight excluding hydrogens is 244 g/mol. The number of hydrogen-bond acceptors (Lipinski definition) is 5. The second-order valence-corrected chi connectivity index (χ2v) is 4.89. The maximum Gasteiger partial charge on any atom is 0.222 e. The predicted octanol–water partition coefficient (Wildman–Crippen LogP) is 0.0650. The second-order valence-electron chi connectivity index (χ2n) is 4.89. The average molecular weight is 260 g/mol. The van der Waals surface area contributed by atoms with E-state index in [-0.39, 0.29) is 11.8 Å². The number of amides is 1. The molecule has 0 spiro atoms. The largest absolute Gasteiger partial charge is 0.369 e. The van der Waals surface area contributed by atoms with Gasteiger partial charge in [-0.25, -0.2) is 9.97 Å². The zero-order valence-electron chi connectivity index (χ0n) is 10.8. The van der Waals surface area contributed by atoms with Crippen molar-refractivity contribution in [1.82, 2.24) is 19.7 Å². The number of primary amides is 1. The lowest BCUT2D eigenvalue weighted by atomic mass is 9.97. The van der Waals surface area contributed by atoms with Crippen LogP contribution in [0.5, 0.6) is 0 Å². The van der Waals surface area contributed by atoms with Gasteiger partial charge >= 0.3 is 0 Å². The fourth-order valence-electron chi connectivity index (χ4n) is 2.60. The van der Waals surface area contributed by atoms with Crippen molar-refractivity contribution < 1.29 is 4.79 Å². The minimum absolute atomic E-state index is 0.101. The number of nitrogens with zero attached hydrogens (tertiary/aromatic N) is 5. The van der Waals surface area contributed by atoms with Crippen molar-refractivity contribution in [2.24, 2.45) is 18.7 Å². The fraction of sp³-hybridized carbons (Fsp3) is 0.500. The summed E-state index contributed by atoms with van der Waals surface area (Å²) in [5, 5.41) is 5.11. The van der Waals surface area contributed by atoms with E-state index in [9.17, 15) is 4.79 Å². The van der Waals surface area contributed by atoms with Crippen LogP contribution in [0.3, 0.4) is 0 Å². The molecule has 2 aromatic heterocycles. The third-order valence-corrected chi connectivity index (χ3v) is 3.63. The molecule has 7 nitrogen and oxygen atoms in total. The van der Waals surface area contributed by atoms with Crippen LogP contribution < -0.4 is 10.6 Å². The lowest BCUT2D eigenvalue weighted by molar-refractivity contribution is -0.122. The van der Waals surface area contributed by atoms with E-state index >= 15 is 0 Å². The predicted molar refractivity (Wildman–Crippen MR) is 70.4 cm³/mol. The van der Waals surface area contributed by atoms with Crippen molar-refractivity contribution in [3.63, 3.8) is 0 Å². The van der Waals surface area contributed by atoms with Gasteiger partial charge in [0.2, 0.25) is 5.91 Å². The standard InChI is InChI=1S/C12H16N6O/c1-17-11-9(5-16-17)12(15-7-14-11)18-4-2-3-8(6-18)10(13)19/h5,7-8H,2-4,6H2,1H3,(H2,13,19)/t8-/m1/s1. The smallest absolute Gasteiger partial charge is 0.222 e. The van der Waals surface area contributed by atoms with Crippen LogP contribution >= 0.6 is 0 Å². The summed E-state index contributed by atoms with van der Waals surface area (Å²) in [6, 6.07) is 0. The third-order valence-electron chi connectivity index (χ3n) is 3.63. The topological polar surface area (TPSA) is 89.9 Å². The normalized spacial score (nSPS) is 19.8. The molecule has 1 aliphatic rings. The van der Waals surface area contributed by atoms with E-state index in [0.717, 1.165) is 36.2 Å². The molecule has 2 aromatic rings. The molecule has 0 aliphatic carbocycles. The lowest BCUT2D eigenvalue weighted by Crippen LogP contribution is -2.41. The van der Waals surface area contributed by atoms with Crippen LogP contribution in [0.2, 0.25) is 0 Å². The first-order chi connectivity index (χ1) is 9.16. The summed E-state index contributed by atoms with van der Waals surface area (Å²) in [7, 11) is 1.85. The Hall–Kier alpha value is -2.18. The van der Waals surface area contributed by atoms with E-state index in [1.54, 1.807) is 10.9 Å². The highest BCUT2D eigenvalue weighted by Crippen LogP contribution is 2.26. The Labute approximate surface area is 110 Å². The number of nitrogens with two attached hydrogens (primary N) is 1. The highest BCUT2D eigenvalue weighted by Gasteiger charge is 2.26. The van der Waals surface area contributed by atoms with Gasteiger partial charge in [0.15, 0.2) is 5.65 Å². The highest BCUT2D eigenvalue weighted by molar-refractivity contribution is 5.87. The number of carbonyl (C=O) groups is 1. The second kappa shape index (κ2) is 4.49. The van der Waals surface area contributed by atoms with Crippen LogP contribution in [-0.2, 0) is 11.8 Å². The molecular formula is C12H16N6O. The Morgan fingerprint density at radius 2 is 2.32 bits per heavy atom. The molecule has 1 fully saturated rings. The van der Waals surface area contributed by atoms with E-state index in [4.69, 9.17) is 5.73 Å². The minimum Gasteiger partial charge on any atom is -0.369 e. The molecule has 0 bridgehead atoms. The van der Waals surface area contributed by atoms with E-state index in [1.165, 1.54) is 6.33 Å². The van der Waals surface area contributed by atoms with E-state index in [1.807, 2.05) is 7.05 Å². The lowest BCUT2D eigenvalue weighted by Gasteiger charge is -2.32. The number of anilines is 1. The van der Waals surface area contributed by atoms with Gasteiger partial charge in [-0.3, -0.25) is 9.48 Å². The number of aromatic nitrogens is 4. The monoisotopic (exact) mass is 260 g/mol. The van der Waals surface area contributed by atoms with Crippen molar-refractivity contribution in [1.29, 1.82) is 0 Å². The SMILES string of the molecule is Cn1ncc2c(N3CCC[C@@H](C(N)=O)C3)ncnc21. The summed E-state index contributed by atoms with van der Waals surface area (Å²) < 4.78 is 1.72. The summed E-state index contributed by atoms with van der Waals surface area (Å²) in [5.74, 6) is 0.501. The zero-order chi connectivity index (χ0) is 13.4. The number of piperidine rings is 1. The molecule has 0 radical (unpaired) electrons. The number of rotatable bonds is 2. The van der Waals surface area contributed by atoms with Crippen molar-refractivity contribution in [3.05, 3.63) is 12.5 Å². The molecule has 19 heavy (non-hydrogen) atoms. The number of hydrogen-bond donors (Lipinski definition) is 1. The Morgan fingerprint density at radius 1 is 1.47 bits per heavy atom. The van der Waals surface area contributed by atoms with Gasteiger partial charge in [0.05, 0.1) is 17.5 Å². The molecule has 0 aromatic carbocycles. The fourth-order valence-corrected chi connectivity index (χ4v) is 2.60. The summed E-state index contributed by atoms with van der Waals surface area (Å²) in [4.78, 5) is 22.0. The van der Waals surface area contributed by atoms with Crippen molar-refractivity contribution in [2.75, 3.05) is 18.0 Å². The third kappa shape index (κ3) is 2.00. The molecule has 7 heteroatoms. The van der Waals surface area contributed by atoms with Gasteiger partial charge in [-0.15, -0.1) is 0 Å². The average Bonchev–Trinajstić information content (AvgIpc) is 2.81. The number of carbonyl (C=O) groups excluding carboxylic acids is 1. The first-order valence-corrected chi connectivity index (χ1v) is 6.34. The zero-order valence-corrected chi connectivity index (χ0v) is 10.8. The molecule has 1 amide bonds. The van der Waals surface area contributed by atoms with Gasteiger partial charge in [-0.2, -0.15) is 5.10 Å². The quantitative estimate of drug-likeness (QED) is 0.825. The van der Waals surface area contributed by atoms with Gasteiger partial charge in [0, 0.05) is 20.1 Å². The van der Waals surface area contributed by atoms with Crippen molar-refractivity contribution >= 4 is 22.8 Å². The van der Waals surface area contributed by atoms with Gasteiger partial charge in [-0.1, -0.05) is 0 Å². The van der Waals surface area contributed by atoms with Crippen molar-refractivity contribution in [2.45, 2.75) is 12.8 Å². The van der Waals surface area contributed by atoms with E-state index < -0.39 is 0 Å². The molecule has 3 rings (SSSR count). The molecule has 1 atom stereocenters. The van der Waals surface area contributed by atoms with Crippen LogP contribution in [0, 0.1) is 5.92 Å². The summed E-state index contributed by atoms with van der Waals surface area (Å²) in [6.45, 7) is 1.50. The number of fused-ring (bicyclic) bond motifs is 1. The minimum atomic E-state index is -0.235. The Balaban J connectivity index is 1.97. The summed E-state index contributed by atoms with van der Waals surface area (Å²) in [6.07, 6.45) is 5.10. The molecule has 2 N–H and O–H groups in total. The van der Waals surface area contributed by atoms with Crippen LogP contribution in [-0.4, -0.2) is 38.7 Å². The van der Waals surface area contributed by atoms with E-state index in [0.29, 0.717) is 6.54 Å². The summed E-state index contributed by atoms with van der Waals surface area (Å²) >= 11 is 0. The first-order valence-electron chi connectivity index (χ1n) is 6.34. The van der Waals surface area contributed by atoms with Crippen LogP contribution in [0.4, 0.5) is 5.82 Å². The van der Waals surface area contributed by atoms with Crippen molar-refractivity contribution in [3.8, 4) is 0 Å². The van der Waals surface area contributed by atoms with Gasteiger partial charge in [0.1, 0.15) is 12.1 Å². The van der Waals surface area contributed by atoms with Crippen LogP contribution in [0.15, 0.2) is 12.5 Å². The maximum atomic E-state index is 11.3. The molecule has 1 saturated heterocycles. The van der Waals surface area contributed by atoms with Gasteiger partial charge in [-0.05, 0) is 12.8 Å². The van der Waals surface area contributed by atoms with Gasteiger partial charge < -0.3 is 10.6 Å². The van der Waals surface area contributed by atoms with Crippen LogP contribution in [0.1, 0.15) is 12.8 Å².